The van der Waals surface area contributed by atoms with Crippen LogP contribution in [0.2, 0.25) is 0 Å². The second-order valence-corrected chi connectivity index (χ2v) is 7.19. The highest BCUT2D eigenvalue weighted by Gasteiger charge is 2.25. The summed E-state index contributed by atoms with van der Waals surface area (Å²) in [5, 5.41) is 6.89. The van der Waals surface area contributed by atoms with E-state index in [9.17, 15) is 0 Å². The summed E-state index contributed by atoms with van der Waals surface area (Å²) in [4.78, 5) is 6.72. The monoisotopic (exact) mass is 556 g/mol. The summed E-state index contributed by atoms with van der Waals surface area (Å²) in [6.45, 7) is 2.37. The van der Waals surface area contributed by atoms with E-state index in [-0.39, 0.29) is 30.0 Å². The molecule has 1 aliphatic heterocycles. The number of aliphatic imine (C=N–C) groups is 1. The van der Waals surface area contributed by atoms with Crippen LogP contribution in [0.4, 0.5) is 5.69 Å². The molecule has 0 radical (unpaired) electrons. The lowest BCUT2D eigenvalue weighted by molar-refractivity contribution is 0.347. The van der Waals surface area contributed by atoms with E-state index < -0.39 is 0 Å². The Bertz CT molecular complexity index is 910. The van der Waals surface area contributed by atoms with E-state index in [1.165, 1.54) is 0 Å². The van der Waals surface area contributed by atoms with Crippen LogP contribution in [0.25, 0.3) is 0 Å². The van der Waals surface area contributed by atoms with Crippen LogP contribution >= 0.6 is 24.0 Å². The van der Waals surface area contributed by atoms with E-state index in [0.29, 0.717) is 18.0 Å². The number of para-hydroxylation sites is 2. The molecule has 8 nitrogen and oxygen atoms in total. The van der Waals surface area contributed by atoms with Crippen LogP contribution in [0, 0.1) is 0 Å². The number of ether oxygens (including phenoxy) is 4. The van der Waals surface area contributed by atoms with Gasteiger partial charge in [-0.05, 0) is 24.6 Å². The summed E-state index contributed by atoms with van der Waals surface area (Å²) in [7, 11) is 8.35. The zero-order chi connectivity index (χ0) is 22.2. The molecule has 0 saturated carbocycles. The van der Waals surface area contributed by atoms with Crippen molar-refractivity contribution in [1.29, 1.82) is 0 Å². The largest absolute Gasteiger partial charge is 0.496 e. The van der Waals surface area contributed by atoms with Gasteiger partial charge in [-0.1, -0.05) is 12.1 Å². The molecule has 1 heterocycles. The summed E-state index contributed by atoms with van der Waals surface area (Å²) >= 11 is 0. The standard InChI is InChI=1S/C23H32N4O4.HI/c1-24-23(25-14-16-12-21(30-4)22(31-5)13-20(16)29-3)26-17-10-11-27(15-17)18-8-6-7-9-19(18)28-2;/h6-9,12-13,17H,10-11,14-15H2,1-5H3,(H2,24,25,26);1H. The summed E-state index contributed by atoms with van der Waals surface area (Å²) < 4.78 is 21.8. The Kier molecular flexibility index (Phi) is 10.0. The van der Waals surface area contributed by atoms with Crippen molar-refractivity contribution in [3.8, 4) is 23.0 Å². The van der Waals surface area contributed by atoms with E-state index in [4.69, 9.17) is 18.9 Å². The molecule has 0 spiro atoms. The molecule has 0 amide bonds. The van der Waals surface area contributed by atoms with Crippen molar-refractivity contribution >= 4 is 35.6 Å². The quantitative estimate of drug-likeness (QED) is 0.294. The Morgan fingerprint density at radius 1 is 0.969 bits per heavy atom. The van der Waals surface area contributed by atoms with Crippen molar-refractivity contribution in [2.75, 3.05) is 53.5 Å². The molecule has 176 valence electrons. The highest BCUT2D eigenvalue weighted by Crippen LogP contribution is 2.34. The van der Waals surface area contributed by atoms with Crippen LogP contribution < -0.4 is 34.5 Å². The predicted octanol–water partition coefficient (Wildman–Crippen LogP) is 3.28. The van der Waals surface area contributed by atoms with Gasteiger partial charge in [0.25, 0.3) is 0 Å². The predicted molar refractivity (Wildman–Crippen MR) is 138 cm³/mol. The Morgan fingerprint density at radius 3 is 2.28 bits per heavy atom. The third kappa shape index (κ3) is 6.02. The first-order valence-corrected chi connectivity index (χ1v) is 10.3. The molecule has 2 aromatic rings. The fourth-order valence-corrected chi connectivity index (χ4v) is 3.79. The maximum absolute atomic E-state index is 5.52. The van der Waals surface area contributed by atoms with Gasteiger partial charge >= 0.3 is 0 Å². The van der Waals surface area contributed by atoms with Gasteiger partial charge in [-0.2, -0.15) is 0 Å². The summed E-state index contributed by atoms with van der Waals surface area (Å²) in [6.07, 6.45) is 1.01. The Labute approximate surface area is 207 Å². The molecule has 9 heteroatoms. The van der Waals surface area contributed by atoms with Gasteiger partial charge in [-0.25, -0.2) is 0 Å². The van der Waals surface area contributed by atoms with Gasteiger partial charge in [0.15, 0.2) is 17.5 Å². The first-order valence-electron chi connectivity index (χ1n) is 10.3. The minimum absolute atomic E-state index is 0. The topological polar surface area (TPSA) is 76.6 Å². The molecule has 3 rings (SSSR count). The van der Waals surface area contributed by atoms with Crippen molar-refractivity contribution in [2.45, 2.75) is 19.0 Å². The van der Waals surface area contributed by atoms with Crippen LogP contribution in [0.5, 0.6) is 23.0 Å². The van der Waals surface area contributed by atoms with Crippen LogP contribution in [0.3, 0.4) is 0 Å². The Morgan fingerprint density at radius 2 is 1.62 bits per heavy atom. The van der Waals surface area contributed by atoms with Crippen LogP contribution in [-0.4, -0.2) is 60.6 Å². The van der Waals surface area contributed by atoms with E-state index in [2.05, 4.69) is 26.6 Å². The fraction of sp³-hybridized carbons (Fsp3) is 0.435. The van der Waals surface area contributed by atoms with Gasteiger partial charge in [0.2, 0.25) is 0 Å². The van der Waals surface area contributed by atoms with Crippen molar-refractivity contribution < 1.29 is 18.9 Å². The first kappa shape index (κ1) is 25.7. The van der Waals surface area contributed by atoms with E-state index >= 15 is 0 Å². The molecule has 1 fully saturated rings. The molecule has 2 aromatic carbocycles. The van der Waals surface area contributed by atoms with Crippen LogP contribution in [0.1, 0.15) is 12.0 Å². The molecule has 1 saturated heterocycles. The number of anilines is 1. The molecular weight excluding hydrogens is 523 g/mol. The highest BCUT2D eigenvalue weighted by atomic mass is 127. The molecule has 2 N–H and O–H groups in total. The van der Waals surface area contributed by atoms with Crippen LogP contribution in [-0.2, 0) is 6.54 Å². The molecule has 0 aliphatic carbocycles. The fourth-order valence-electron chi connectivity index (χ4n) is 3.79. The molecule has 1 atom stereocenters. The molecule has 32 heavy (non-hydrogen) atoms. The average molecular weight is 556 g/mol. The van der Waals surface area contributed by atoms with Crippen molar-refractivity contribution in [3.63, 3.8) is 0 Å². The molecule has 1 aliphatic rings. The summed E-state index contributed by atoms with van der Waals surface area (Å²) in [5.41, 5.74) is 2.07. The highest BCUT2D eigenvalue weighted by molar-refractivity contribution is 14.0. The number of halogens is 1. The van der Waals surface area contributed by atoms with Gasteiger partial charge in [-0.3, -0.25) is 4.99 Å². The van der Waals surface area contributed by atoms with Crippen molar-refractivity contribution in [1.82, 2.24) is 10.6 Å². The van der Waals surface area contributed by atoms with Crippen molar-refractivity contribution in [3.05, 3.63) is 42.0 Å². The lowest BCUT2D eigenvalue weighted by Crippen LogP contribution is -2.44. The number of guanidine groups is 1. The summed E-state index contributed by atoms with van der Waals surface area (Å²) in [5.74, 6) is 3.65. The lowest BCUT2D eigenvalue weighted by atomic mass is 10.1. The number of hydrogen-bond donors (Lipinski definition) is 2. The van der Waals surface area contributed by atoms with E-state index in [0.717, 1.165) is 48.2 Å². The smallest absolute Gasteiger partial charge is 0.191 e. The number of benzene rings is 2. The van der Waals surface area contributed by atoms with Crippen LogP contribution in [0.15, 0.2) is 41.4 Å². The molecule has 0 bridgehead atoms. The number of nitrogens with one attached hydrogen (secondary N) is 2. The second kappa shape index (κ2) is 12.5. The van der Waals surface area contributed by atoms with E-state index in [1.807, 2.05) is 30.3 Å². The van der Waals surface area contributed by atoms with Gasteiger partial charge in [-0.15, -0.1) is 24.0 Å². The zero-order valence-electron chi connectivity index (χ0n) is 19.3. The average Bonchev–Trinajstić information content (AvgIpc) is 3.29. The second-order valence-electron chi connectivity index (χ2n) is 7.19. The number of rotatable bonds is 8. The maximum atomic E-state index is 5.52. The molecule has 1 unspecified atom stereocenters. The van der Waals surface area contributed by atoms with E-state index in [1.54, 1.807) is 35.5 Å². The van der Waals surface area contributed by atoms with Gasteiger partial charge in [0, 0.05) is 44.4 Å². The third-order valence-electron chi connectivity index (χ3n) is 5.41. The minimum atomic E-state index is 0. The molecular formula is C23H33IN4O4. The lowest BCUT2D eigenvalue weighted by Gasteiger charge is -2.22. The SMILES string of the molecule is CN=C(NCc1cc(OC)c(OC)cc1OC)NC1CCN(c2ccccc2OC)C1.I. The first-order chi connectivity index (χ1) is 15.1. The number of hydrogen-bond acceptors (Lipinski definition) is 6. The summed E-state index contributed by atoms with van der Waals surface area (Å²) in [6, 6.07) is 12.1. The Hall–Kier alpha value is -2.56. The normalized spacial score (nSPS) is 15.6. The van der Waals surface area contributed by atoms with Crippen molar-refractivity contribution in [2.24, 2.45) is 4.99 Å². The third-order valence-corrected chi connectivity index (χ3v) is 5.41. The number of nitrogens with zero attached hydrogens (tertiary/aromatic N) is 2. The van der Waals surface area contributed by atoms with Gasteiger partial charge < -0.3 is 34.5 Å². The maximum Gasteiger partial charge on any atom is 0.191 e. The van der Waals surface area contributed by atoms with Gasteiger partial charge in [0.1, 0.15) is 11.5 Å². The Balaban J connectivity index is 0.00000363. The number of methoxy groups -OCH3 is 4. The van der Waals surface area contributed by atoms with Gasteiger partial charge in [0.05, 0.1) is 34.1 Å². The zero-order valence-corrected chi connectivity index (χ0v) is 21.6. The minimum Gasteiger partial charge on any atom is -0.496 e. The molecule has 0 aromatic heterocycles.